The molecule has 0 aromatic carbocycles. The normalized spacial score (nSPS) is 40.1. The lowest BCUT2D eigenvalue weighted by Gasteiger charge is -2.50. The Balaban J connectivity index is 2.35. The largest absolute Gasteiger partial charge is 0.355 e. The van der Waals surface area contributed by atoms with Crippen LogP contribution in [-0.4, -0.2) is 12.5 Å². The number of nitrogens with one attached hydrogen (secondary N) is 1. The average Bonchev–Trinajstić information content (AvgIpc) is 2.69. The molecule has 0 heterocycles. The number of rotatable bonds is 3. The summed E-state index contributed by atoms with van der Waals surface area (Å²) in [6.07, 6.45) is 8.36. The predicted octanol–water partition coefficient (Wildman–Crippen LogP) is 3.53. The van der Waals surface area contributed by atoms with Crippen LogP contribution in [0.3, 0.4) is 0 Å². The quantitative estimate of drug-likeness (QED) is 0.601. The van der Waals surface area contributed by atoms with E-state index in [-0.39, 0.29) is 5.41 Å². The summed E-state index contributed by atoms with van der Waals surface area (Å²) in [6, 6.07) is 0.330. The summed E-state index contributed by atoms with van der Waals surface area (Å²) in [6.45, 7) is 9.18. The molecule has 4 atom stereocenters. The summed E-state index contributed by atoms with van der Waals surface area (Å²) >= 11 is 0. The molecule has 1 saturated carbocycles. The van der Waals surface area contributed by atoms with Gasteiger partial charge < -0.3 is 5.32 Å². The second kappa shape index (κ2) is 5.07. The van der Waals surface area contributed by atoms with E-state index in [1.54, 1.807) is 0 Å². The lowest BCUT2D eigenvalue weighted by Crippen LogP contribution is -2.55. The maximum Gasteiger partial charge on any atom is 0.207 e. The third-order valence-corrected chi connectivity index (χ3v) is 5.43. The fraction of sp³-hybridized carbons (Fsp3) is 0.812. The van der Waals surface area contributed by atoms with Gasteiger partial charge in [-0.3, -0.25) is 4.79 Å². The van der Waals surface area contributed by atoms with Gasteiger partial charge in [0.15, 0.2) is 0 Å². The zero-order valence-corrected chi connectivity index (χ0v) is 12.2. The van der Waals surface area contributed by atoms with E-state index in [1.165, 1.54) is 31.3 Å². The minimum Gasteiger partial charge on any atom is -0.355 e. The molecule has 1 amide bonds. The van der Waals surface area contributed by atoms with Crippen molar-refractivity contribution in [2.75, 3.05) is 0 Å². The highest BCUT2D eigenvalue weighted by atomic mass is 16.1. The van der Waals surface area contributed by atoms with Gasteiger partial charge in [0.2, 0.25) is 6.41 Å². The summed E-state index contributed by atoms with van der Waals surface area (Å²) in [7, 11) is 0. The number of carbonyl (C=O) groups is 1. The van der Waals surface area contributed by atoms with E-state index in [9.17, 15) is 4.79 Å². The Kier molecular flexibility index (Phi) is 3.84. The zero-order valence-electron chi connectivity index (χ0n) is 12.2. The summed E-state index contributed by atoms with van der Waals surface area (Å²) < 4.78 is 0. The van der Waals surface area contributed by atoms with Gasteiger partial charge in [0.05, 0.1) is 0 Å². The van der Waals surface area contributed by atoms with Gasteiger partial charge in [-0.1, -0.05) is 32.4 Å². The first-order chi connectivity index (χ1) is 8.51. The van der Waals surface area contributed by atoms with E-state index in [1.807, 2.05) is 0 Å². The van der Waals surface area contributed by atoms with E-state index in [2.05, 4.69) is 39.1 Å². The maximum atomic E-state index is 11.0. The fourth-order valence-electron chi connectivity index (χ4n) is 4.30. The number of hydrogen-bond donors (Lipinski definition) is 1. The molecule has 2 heteroatoms. The van der Waals surface area contributed by atoms with Crippen molar-refractivity contribution in [2.45, 2.75) is 59.4 Å². The van der Waals surface area contributed by atoms with Crippen molar-refractivity contribution in [2.24, 2.45) is 23.2 Å². The zero-order chi connectivity index (χ0) is 13.3. The Morgan fingerprint density at radius 2 is 2.17 bits per heavy atom. The Hall–Kier alpha value is -0.790. The molecule has 2 rings (SSSR count). The lowest BCUT2D eigenvalue weighted by atomic mass is 9.58. The van der Waals surface area contributed by atoms with Gasteiger partial charge in [-0.05, 0) is 50.4 Å². The topological polar surface area (TPSA) is 29.1 Å². The van der Waals surface area contributed by atoms with Crippen molar-refractivity contribution in [3.8, 4) is 0 Å². The molecule has 2 nitrogen and oxygen atoms in total. The van der Waals surface area contributed by atoms with Crippen LogP contribution in [0.1, 0.15) is 53.4 Å². The molecule has 102 valence electrons. The molecular weight excluding hydrogens is 222 g/mol. The third kappa shape index (κ3) is 2.10. The highest BCUT2D eigenvalue weighted by molar-refractivity contribution is 5.48. The first kappa shape index (κ1) is 13.6. The summed E-state index contributed by atoms with van der Waals surface area (Å²) in [5.41, 5.74) is 1.72. The van der Waals surface area contributed by atoms with Crippen LogP contribution in [0.5, 0.6) is 0 Å². The lowest BCUT2D eigenvalue weighted by molar-refractivity contribution is -0.112. The second-order valence-corrected chi connectivity index (χ2v) is 6.75. The number of hydrogen-bond acceptors (Lipinski definition) is 1. The van der Waals surface area contributed by atoms with Gasteiger partial charge in [-0.25, -0.2) is 0 Å². The molecule has 1 fully saturated rings. The Bertz CT molecular complexity index is 347. The number of amides is 1. The van der Waals surface area contributed by atoms with Gasteiger partial charge >= 0.3 is 0 Å². The standard InChI is InChI=1S/C16H27NO/c1-11(2)14-6-5-13(4)16(15(14)17-10-18)8-7-12(3)9-16/h9-11,13-15H,5-8H2,1-4H3,(H,17,18)/t13-,14+,15-,16-/m0/s1. The van der Waals surface area contributed by atoms with Crippen LogP contribution in [0.15, 0.2) is 11.6 Å². The van der Waals surface area contributed by atoms with Crippen molar-refractivity contribution < 1.29 is 4.79 Å². The summed E-state index contributed by atoms with van der Waals surface area (Å²) in [4.78, 5) is 11.0. The van der Waals surface area contributed by atoms with Gasteiger partial charge in [0.1, 0.15) is 0 Å². The van der Waals surface area contributed by atoms with Crippen molar-refractivity contribution in [3.05, 3.63) is 11.6 Å². The molecule has 2 aliphatic rings. The Labute approximate surface area is 111 Å². The van der Waals surface area contributed by atoms with Gasteiger partial charge in [-0.2, -0.15) is 0 Å². The highest BCUT2D eigenvalue weighted by Gasteiger charge is 2.50. The van der Waals surface area contributed by atoms with Crippen LogP contribution in [0.4, 0.5) is 0 Å². The molecule has 1 spiro atoms. The van der Waals surface area contributed by atoms with Gasteiger partial charge in [0.25, 0.3) is 0 Å². The van der Waals surface area contributed by atoms with Crippen LogP contribution < -0.4 is 5.32 Å². The van der Waals surface area contributed by atoms with Crippen molar-refractivity contribution in [1.82, 2.24) is 5.32 Å². The van der Waals surface area contributed by atoms with Crippen LogP contribution in [0, 0.1) is 23.2 Å². The van der Waals surface area contributed by atoms with Gasteiger partial charge in [0, 0.05) is 11.5 Å². The molecule has 0 aromatic heterocycles. The first-order valence-corrected chi connectivity index (χ1v) is 7.39. The van der Waals surface area contributed by atoms with Crippen LogP contribution in [0.2, 0.25) is 0 Å². The van der Waals surface area contributed by atoms with E-state index in [0.29, 0.717) is 23.8 Å². The van der Waals surface area contributed by atoms with Crippen molar-refractivity contribution >= 4 is 6.41 Å². The van der Waals surface area contributed by atoms with E-state index in [0.717, 1.165) is 6.41 Å². The molecule has 0 unspecified atom stereocenters. The number of carbonyl (C=O) groups excluding carboxylic acids is 1. The third-order valence-electron chi connectivity index (χ3n) is 5.43. The molecule has 0 saturated heterocycles. The monoisotopic (exact) mass is 249 g/mol. The molecule has 0 radical (unpaired) electrons. The first-order valence-electron chi connectivity index (χ1n) is 7.39. The van der Waals surface area contributed by atoms with E-state index >= 15 is 0 Å². The minimum absolute atomic E-state index is 0.220. The molecule has 2 aliphatic carbocycles. The molecule has 0 bridgehead atoms. The smallest absolute Gasteiger partial charge is 0.207 e. The van der Waals surface area contributed by atoms with Crippen molar-refractivity contribution in [1.29, 1.82) is 0 Å². The van der Waals surface area contributed by atoms with E-state index < -0.39 is 0 Å². The van der Waals surface area contributed by atoms with Crippen molar-refractivity contribution in [3.63, 3.8) is 0 Å². The highest BCUT2D eigenvalue weighted by Crippen LogP contribution is 2.53. The average molecular weight is 249 g/mol. The Morgan fingerprint density at radius 1 is 1.44 bits per heavy atom. The van der Waals surface area contributed by atoms with Gasteiger partial charge in [-0.15, -0.1) is 0 Å². The van der Waals surface area contributed by atoms with E-state index in [4.69, 9.17) is 0 Å². The predicted molar refractivity (Wildman–Crippen MR) is 75.1 cm³/mol. The molecule has 0 aromatic rings. The van der Waals surface area contributed by atoms with Crippen LogP contribution in [-0.2, 0) is 4.79 Å². The minimum atomic E-state index is 0.220. The molecular formula is C16H27NO. The summed E-state index contributed by atoms with van der Waals surface area (Å²) in [5.74, 6) is 1.94. The molecule has 0 aliphatic heterocycles. The molecule has 18 heavy (non-hydrogen) atoms. The van der Waals surface area contributed by atoms with Crippen LogP contribution in [0.25, 0.3) is 0 Å². The summed E-state index contributed by atoms with van der Waals surface area (Å²) in [5, 5.41) is 3.17. The number of allylic oxidation sites excluding steroid dienone is 1. The SMILES string of the molecule is CC1=C[C@@]2(CC1)[C@@H](C)CC[C@H](C(C)C)[C@@H]2NC=O. The van der Waals surface area contributed by atoms with Crippen LogP contribution >= 0.6 is 0 Å². The molecule has 1 N–H and O–H groups in total. The second-order valence-electron chi connectivity index (χ2n) is 6.75. The maximum absolute atomic E-state index is 11.0. The fourth-order valence-corrected chi connectivity index (χ4v) is 4.30. The Morgan fingerprint density at radius 3 is 2.67 bits per heavy atom.